The molecule has 0 aromatic rings. The second-order valence-electron chi connectivity index (χ2n) is 10.6. The van der Waals surface area contributed by atoms with E-state index in [0.29, 0.717) is 12.2 Å². The van der Waals surface area contributed by atoms with Crippen LogP contribution in [-0.4, -0.2) is 48.3 Å². The van der Waals surface area contributed by atoms with Crippen molar-refractivity contribution in [1.82, 2.24) is 0 Å². The minimum absolute atomic E-state index is 0.145. The Bertz CT molecular complexity index is 1190. The third kappa shape index (κ3) is 9.53. The van der Waals surface area contributed by atoms with Gasteiger partial charge in [-0.2, -0.15) is 0 Å². The highest BCUT2D eigenvalue weighted by Crippen LogP contribution is 2.50. The number of hydrogen-bond acceptors (Lipinski definition) is 6. The van der Waals surface area contributed by atoms with Crippen LogP contribution in [0.3, 0.4) is 0 Å². The molecule has 0 heterocycles. The zero-order chi connectivity index (χ0) is 31.2. The summed E-state index contributed by atoms with van der Waals surface area (Å²) in [6.45, 7) is 0. The fourth-order valence-electron chi connectivity index (χ4n) is 6.11. The molecule has 7 aliphatic carbocycles. The first-order valence-corrected chi connectivity index (χ1v) is 14.5. The maximum Gasteiger partial charge on any atom is 0.328 e. The van der Waals surface area contributed by atoms with Crippen LogP contribution < -0.4 is 0 Å². The van der Waals surface area contributed by atoms with Gasteiger partial charge in [-0.15, -0.1) is 0 Å². The lowest BCUT2D eigenvalue weighted by Crippen LogP contribution is -2.34. The standard InChI is InChI=1S/C11H14O4.C10H10.2C5H6.C4H4O4/c1-14-10(12)8-6-3-4-7(5-6)9(8)11(13)15-2;1-2-9-7-4-5-8(6-7)10(9)3-1;2*1-2-4-5-3-1;5-3(6)1-2-4(7)8/h3-4,6-9H,5H2,1-2H3;2-5,7-8H,1,6H2;2*1-4H,5H2;1-2H,(H,5,6)(H,7,8)/b;;;;2-1+. The molecule has 6 unspecified atom stereocenters. The third-order valence-electron chi connectivity index (χ3n) is 7.98. The number of carboxylic acids is 2. The Balaban J connectivity index is 0.000000157. The molecule has 0 spiro atoms. The van der Waals surface area contributed by atoms with Crippen LogP contribution in [-0.2, 0) is 28.7 Å². The lowest BCUT2D eigenvalue weighted by molar-refractivity contribution is -0.158. The highest BCUT2D eigenvalue weighted by atomic mass is 16.5. The van der Waals surface area contributed by atoms with Crippen LogP contribution in [0.25, 0.3) is 0 Å². The summed E-state index contributed by atoms with van der Waals surface area (Å²) in [5.41, 5.74) is 3.29. The molecular weight excluding hydrogens is 548 g/mol. The number of rotatable bonds is 4. The highest BCUT2D eigenvalue weighted by Gasteiger charge is 2.52. The van der Waals surface area contributed by atoms with Gasteiger partial charge >= 0.3 is 23.9 Å². The van der Waals surface area contributed by atoms with E-state index in [1.54, 1.807) is 11.1 Å². The van der Waals surface area contributed by atoms with Gasteiger partial charge in [-0.3, -0.25) is 9.59 Å². The second kappa shape index (κ2) is 16.9. The van der Waals surface area contributed by atoms with E-state index in [9.17, 15) is 19.2 Å². The summed E-state index contributed by atoms with van der Waals surface area (Å²) in [6.07, 6.45) is 37.1. The molecule has 0 amide bonds. The first kappa shape index (κ1) is 33.0. The minimum Gasteiger partial charge on any atom is -0.478 e. The van der Waals surface area contributed by atoms with Crippen LogP contribution in [0.2, 0.25) is 0 Å². The Morgan fingerprint density at radius 2 is 1.02 bits per heavy atom. The third-order valence-corrected chi connectivity index (χ3v) is 7.98. The molecule has 0 saturated heterocycles. The number of ether oxygens (including phenoxy) is 2. The van der Waals surface area contributed by atoms with Crippen LogP contribution in [0.1, 0.15) is 32.1 Å². The molecule has 2 saturated carbocycles. The van der Waals surface area contributed by atoms with Crippen LogP contribution in [0.5, 0.6) is 0 Å². The molecule has 43 heavy (non-hydrogen) atoms. The van der Waals surface area contributed by atoms with E-state index in [2.05, 4.69) is 72.9 Å². The van der Waals surface area contributed by atoms with Gasteiger partial charge in [-0.05, 0) is 55.1 Å². The van der Waals surface area contributed by atoms with E-state index < -0.39 is 11.9 Å². The number of carbonyl (C=O) groups is 4. The average molecular weight is 589 g/mol. The van der Waals surface area contributed by atoms with E-state index >= 15 is 0 Å². The summed E-state index contributed by atoms with van der Waals surface area (Å²) in [4.78, 5) is 42.2. The summed E-state index contributed by atoms with van der Waals surface area (Å²) in [5.74, 6) is -1.92. The van der Waals surface area contributed by atoms with Gasteiger partial charge in [0.2, 0.25) is 0 Å². The van der Waals surface area contributed by atoms with Gasteiger partial charge in [-0.25, -0.2) is 9.59 Å². The topological polar surface area (TPSA) is 127 Å². The molecule has 8 nitrogen and oxygen atoms in total. The van der Waals surface area contributed by atoms with E-state index in [1.807, 2.05) is 12.2 Å². The summed E-state index contributed by atoms with van der Waals surface area (Å²) < 4.78 is 9.46. The van der Waals surface area contributed by atoms with Crippen molar-refractivity contribution in [2.45, 2.75) is 32.1 Å². The molecule has 0 aliphatic heterocycles. The monoisotopic (exact) mass is 588 g/mol. The Morgan fingerprint density at radius 3 is 1.33 bits per heavy atom. The van der Waals surface area contributed by atoms with E-state index in [-0.39, 0.29) is 35.6 Å². The second-order valence-corrected chi connectivity index (χ2v) is 10.6. The number of hydrogen-bond donors (Lipinski definition) is 2. The van der Waals surface area contributed by atoms with Crippen molar-refractivity contribution in [3.63, 3.8) is 0 Å². The van der Waals surface area contributed by atoms with Gasteiger partial charge in [-0.1, -0.05) is 85.1 Å². The predicted molar refractivity (Wildman–Crippen MR) is 163 cm³/mol. The fraction of sp³-hybridized carbons (Fsp3) is 0.371. The van der Waals surface area contributed by atoms with Crippen LogP contribution in [0, 0.1) is 35.5 Å². The van der Waals surface area contributed by atoms with Crippen molar-refractivity contribution in [3.05, 3.63) is 108 Å². The zero-order valence-corrected chi connectivity index (χ0v) is 24.6. The molecule has 4 bridgehead atoms. The quantitative estimate of drug-likeness (QED) is 0.235. The van der Waals surface area contributed by atoms with Gasteiger partial charge in [0.25, 0.3) is 0 Å². The molecule has 228 valence electrons. The Morgan fingerprint density at radius 1 is 0.628 bits per heavy atom. The number of fused-ring (bicyclic) bond motifs is 7. The lowest BCUT2D eigenvalue weighted by Gasteiger charge is -2.23. The van der Waals surface area contributed by atoms with Crippen molar-refractivity contribution in [2.24, 2.45) is 35.5 Å². The highest BCUT2D eigenvalue weighted by molar-refractivity contribution is 5.89. The first-order valence-electron chi connectivity index (χ1n) is 14.5. The van der Waals surface area contributed by atoms with Crippen molar-refractivity contribution >= 4 is 23.9 Å². The van der Waals surface area contributed by atoms with Gasteiger partial charge < -0.3 is 19.7 Å². The number of allylic oxidation sites excluding steroid dienone is 16. The number of esters is 2. The maximum absolute atomic E-state index is 11.6. The lowest BCUT2D eigenvalue weighted by atomic mass is 9.83. The summed E-state index contributed by atoms with van der Waals surface area (Å²) >= 11 is 0. The minimum atomic E-state index is -1.26. The fourth-order valence-corrected chi connectivity index (χ4v) is 6.11. The van der Waals surface area contributed by atoms with Crippen LogP contribution >= 0.6 is 0 Å². The Kier molecular flexibility index (Phi) is 12.9. The summed E-state index contributed by atoms with van der Waals surface area (Å²) in [6, 6.07) is 0. The molecule has 7 rings (SSSR count). The number of carboxylic acid groups (broad SMARTS) is 2. The number of methoxy groups -OCH3 is 2. The van der Waals surface area contributed by atoms with Crippen LogP contribution in [0.4, 0.5) is 0 Å². The van der Waals surface area contributed by atoms with E-state index in [0.717, 1.165) is 31.1 Å². The van der Waals surface area contributed by atoms with Gasteiger partial charge in [0.05, 0.1) is 26.1 Å². The van der Waals surface area contributed by atoms with Crippen molar-refractivity contribution in [3.8, 4) is 0 Å². The zero-order valence-electron chi connectivity index (χ0n) is 24.6. The first-order chi connectivity index (χ1) is 20.8. The molecular formula is C35H40O8. The molecule has 0 aromatic carbocycles. The van der Waals surface area contributed by atoms with Crippen molar-refractivity contribution in [1.29, 1.82) is 0 Å². The van der Waals surface area contributed by atoms with E-state index in [4.69, 9.17) is 19.7 Å². The van der Waals surface area contributed by atoms with E-state index in [1.165, 1.54) is 27.1 Å². The molecule has 8 heteroatoms. The largest absolute Gasteiger partial charge is 0.478 e. The molecule has 2 N–H and O–H groups in total. The number of carbonyl (C=O) groups excluding carboxylic acids is 2. The Hall–Kier alpha value is -4.46. The van der Waals surface area contributed by atoms with Crippen LogP contribution in [0.15, 0.2) is 108 Å². The summed E-state index contributed by atoms with van der Waals surface area (Å²) in [5, 5.41) is 15.6. The normalized spacial score (nSPS) is 28.0. The summed E-state index contributed by atoms with van der Waals surface area (Å²) in [7, 11) is 2.71. The molecule has 2 fully saturated rings. The SMILES string of the molecule is C1=CC2CC1C1=CCC=C12.C1=CCC=C1.C1=CCC=C1.COC(=O)C1C2C=CC(C2)C1C(=O)OC.O=C(O)/C=C/C(=O)O. The number of aliphatic carboxylic acids is 2. The molecule has 0 radical (unpaired) electrons. The molecule has 7 aliphatic rings. The molecule has 6 atom stereocenters. The van der Waals surface area contributed by atoms with Crippen molar-refractivity contribution < 1.29 is 38.9 Å². The predicted octanol–water partition coefficient (Wildman–Crippen LogP) is 5.94. The Labute approximate surface area is 252 Å². The van der Waals surface area contributed by atoms with Gasteiger partial charge in [0, 0.05) is 24.0 Å². The maximum atomic E-state index is 11.6. The van der Waals surface area contributed by atoms with Gasteiger partial charge in [0.15, 0.2) is 0 Å². The average Bonchev–Trinajstić information content (AvgIpc) is 3.86. The molecule has 0 aromatic heterocycles. The smallest absolute Gasteiger partial charge is 0.328 e. The van der Waals surface area contributed by atoms with Crippen molar-refractivity contribution in [2.75, 3.05) is 14.2 Å². The van der Waals surface area contributed by atoms with Gasteiger partial charge in [0.1, 0.15) is 0 Å².